The summed E-state index contributed by atoms with van der Waals surface area (Å²) in [6.07, 6.45) is 3.48. The largest absolute Gasteiger partial charge is 0.465 e. The molecule has 0 aromatic carbocycles. The molecule has 0 aromatic rings. The molecule has 0 heterocycles. The van der Waals surface area contributed by atoms with E-state index in [0.29, 0.717) is 6.61 Å². The standard InChI is InChI=1S/C8H15NO2/c1-3-4-5-6-11-8(10)7(2)9/h3,7H,1,4-6,9H2,2H3. The first-order chi connectivity index (χ1) is 5.18. The molecule has 0 aliphatic rings. The van der Waals surface area contributed by atoms with Crippen molar-refractivity contribution in [3.63, 3.8) is 0 Å². The van der Waals surface area contributed by atoms with Crippen LogP contribution >= 0.6 is 0 Å². The molecule has 0 bridgehead atoms. The molecule has 3 nitrogen and oxygen atoms in total. The molecule has 0 amide bonds. The van der Waals surface area contributed by atoms with Crippen LogP contribution in [0.4, 0.5) is 0 Å². The highest BCUT2D eigenvalue weighted by molar-refractivity contribution is 5.74. The monoisotopic (exact) mass is 157 g/mol. The van der Waals surface area contributed by atoms with Crippen LogP contribution in [0.15, 0.2) is 12.7 Å². The normalized spacial score (nSPS) is 12.2. The number of rotatable bonds is 5. The van der Waals surface area contributed by atoms with Crippen LogP contribution in [0.5, 0.6) is 0 Å². The number of ether oxygens (including phenoxy) is 1. The Kier molecular flexibility index (Phi) is 5.47. The molecule has 1 atom stereocenters. The van der Waals surface area contributed by atoms with Crippen molar-refractivity contribution in [2.45, 2.75) is 25.8 Å². The molecule has 64 valence electrons. The van der Waals surface area contributed by atoms with E-state index in [1.54, 1.807) is 13.0 Å². The van der Waals surface area contributed by atoms with Gasteiger partial charge in [0.05, 0.1) is 6.61 Å². The Labute approximate surface area is 67.2 Å². The van der Waals surface area contributed by atoms with Crippen LogP contribution in [0, 0.1) is 0 Å². The second kappa shape index (κ2) is 5.92. The first-order valence-corrected chi connectivity index (χ1v) is 3.71. The van der Waals surface area contributed by atoms with Crippen LogP contribution in [-0.2, 0) is 9.53 Å². The van der Waals surface area contributed by atoms with Crippen LogP contribution < -0.4 is 5.73 Å². The van der Waals surface area contributed by atoms with Gasteiger partial charge in [-0.1, -0.05) is 6.08 Å². The maximum Gasteiger partial charge on any atom is 0.322 e. The lowest BCUT2D eigenvalue weighted by Crippen LogP contribution is -2.28. The summed E-state index contributed by atoms with van der Waals surface area (Å²) in [6.45, 7) is 5.59. The molecular weight excluding hydrogens is 142 g/mol. The predicted octanol–water partition coefficient (Wildman–Crippen LogP) is 0.843. The molecule has 0 saturated heterocycles. The molecule has 3 heteroatoms. The van der Waals surface area contributed by atoms with Crippen molar-refractivity contribution in [2.24, 2.45) is 5.73 Å². The maximum atomic E-state index is 10.7. The third-order valence-electron chi connectivity index (χ3n) is 1.17. The van der Waals surface area contributed by atoms with Crippen molar-refractivity contribution in [2.75, 3.05) is 6.61 Å². The maximum absolute atomic E-state index is 10.7. The summed E-state index contributed by atoms with van der Waals surface area (Å²) >= 11 is 0. The van der Waals surface area contributed by atoms with Gasteiger partial charge in [0, 0.05) is 0 Å². The third kappa shape index (κ3) is 5.61. The fourth-order valence-electron chi connectivity index (χ4n) is 0.532. The second-order valence-corrected chi connectivity index (χ2v) is 2.39. The Morgan fingerprint density at radius 2 is 2.45 bits per heavy atom. The van der Waals surface area contributed by atoms with Crippen LogP contribution in [0.3, 0.4) is 0 Å². The van der Waals surface area contributed by atoms with Gasteiger partial charge in [-0.3, -0.25) is 4.79 Å². The van der Waals surface area contributed by atoms with Gasteiger partial charge in [-0.15, -0.1) is 6.58 Å². The molecule has 1 unspecified atom stereocenters. The summed E-state index contributed by atoms with van der Waals surface area (Å²) < 4.78 is 4.79. The minimum atomic E-state index is -0.515. The third-order valence-corrected chi connectivity index (χ3v) is 1.17. The van der Waals surface area contributed by atoms with Gasteiger partial charge >= 0.3 is 5.97 Å². The van der Waals surface area contributed by atoms with Gasteiger partial charge in [0.1, 0.15) is 6.04 Å². The van der Waals surface area contributed by atoms with Gasteiger partial charge in [0.15, 0.2) is 0 Å². The Morgan fingerprint density at radius 1 is 1.82 bits per heavy atom. The van der Waals surface area contributed by atoms with Crippen LogP contribution in [-0.4, -0.2) is 18.6 Å². The number of hydrogen-bond acceptors (Lipinski definition) is 3. The van der Waals surface area contributed by atoms with Gasteiger partial charge in [0.2, 0.25) is 0 Å². The lowest BCUT2D eigenvalue weighted by molar-refractivity contribution is -0.144. The van der Waals surface area contributed by atoms with E-state index in [1.807, 2.05) is 0 Å². The highest BCUT2D eigenvalue weighted by Gasteiger charge is 2.06. The minimum Gasteiger partial charge on any atom is -0.465 e. The van der Waals surface area contributed by atoms with E-state index in [0.717, 1.165) is 12.8 Å². The number of hydrogen-bond donors (Lipinski definition) is 1. The molecule has 0 spiro atoms. The number of allylic oxidation sites excluding steroid dienone is 1. The molecule has 0 aromatic heterocycles. The topological polar surface area (TPSA) is 52.3 Å². The molecular formula is C8H15NO2. The van der Waals surface area contributed by atoms with E-state index in [1.165, 1.54) is 0 Å². The molecule has 0 radical (unpaired) electrons. The van der Waals surface area contributed by atoms with Crippen LogP contribution in [0.25, 0.3) is 0 Å². The van der Waals surface area contributed by atoms with E-state index < -0.39 is 6.04 Å². The molecule has 0 rings (SSSR count). The summed E-state index contributed by atoms with van der Waals surface area (Å²) in [4.78, 5) is 10.7. The van der Waals surface area contributed by atoms with Gasteiger partial charge in [-0.05, 0) is 19.8 Å². The van der Waals surface area contributed by atoms with Gasteiger partial charge < -0.3 is 10.5 Å². The quantitative estimate of drug-likeness (QED) is 0.365. The molecule has 2 N–H and O–H groups in total. The number of nitrogens with two attached hydrogens (primary N) is 1. The van der Waals surface area contributed by atoms with Crippen molar-refractivity contribution >= 4 is 5.97 Å². The molecule has 0 saturated carbocycles. The number of esters is 1. The number of carbonyl (C=O) groups is 1. The van der Waals surface area contributed by atoms with Gasteiger partial charge in [-0.25, -0.2) is 0 Å². The Morgan fingerprint density at radius 3 is 2.91 bits per heavy atom. The first kappa shape index (κ1) is 10.2. The van der Waals surface area contributed by atoms with Crippen molar-refractivity contribution in [3.05, 3.63) is 12.7 Å². The van der Waals surface area contributed by atoms with Crippen LogP contribution in [0.1, 0.15) is 19.8 Å². The van der Waals surface area contributed by atoms with Gasteiger partial charge in [-0.2, -0.15) is 0 Å². The second-order valence-electron chi connectivity index (χ2n) is 2.39. The van der Waals surface area contributed by atoms with E-state index in [-0.39, 0.29) is 5.97 Å². The highest BCUT2D eigenvalue weighted by atomic mass is 16.5. The average Bonchev–Trinajstić information content (AvgIpc) is 1.97. The summed E-state index contributed by atoms with van der Waals surface area (Å²) in [7, 11) is 0. The van der Waals surface area contributed by atoms with Crippen molar-refractivity contribution in [1.29, 1.82) is 0 Å². The zero-order chi connectivity index (χ0) is 8.69. The van der Waals surface area contributed by atoms with Crippen molar-refractivity contribution < 1.29 is 9.53 Å². The first-order valence-electron chi connectivity index (χ1n) is 3.71. The Hall–Kier alpha value is -0.830. The Balaban J connectivity index is 3.24. The van der Waals surface area contributed by atoms with Gasteiger partial charge in [0.25, 0.3) is 0 Å². The fourth-order valence-corrected chi connectivity index (χ4v) is 0.532. The van der Waals surface area contributed by atoms with E-state index >= 15 is 0 Å². The smallest absolute Gasteiger partial charge is 0.322 e. The van der Waals surface area contributed by atoms with E-state index in [2.05, 4.69) is 6.58 Å². The highest BCUT2D eigenvalue weighted by Crippen LogP contribution is 1.91. The van der Waals surface area contributed by atoms with Crippen LogP contribution in [0.2, 0.25) is 0 Å². The summed E-state index contributed by atoms with van der Waals surface area (Å²) in [5.74, 6) is -0.339. The lowest BCUT2D eigenvalue weighted by atomic mass is 10.3. The molecule has 0 aliphatic heterocycles. The summed E-state index contributed by atoms with van der Waals surface area (Å²) in [6, 6.07) is -0.515. The lowest BCUT2D eigenvalue weighted by Gasteiger charge is -2.05. The van der Waals surface area contributed by atoms with E-state index in [4.69, 9.17) is 10.5 Å². The molecule has 0 aliphatic carbocycles. The summed E-state index contributed by atoms with van der Waals surface area (Å²) in [5.41, 5.74) is 5.26. The molecule has 0 fully saturated rings. The SMILES string of the molecule is C=CCCCOC(=O)C(C)N. The number of unbranched alkanes of at least 4 members (excludes halogenated alkanes) is 1. The number of carbonyl (C=O) groups excluding carboxylic acids is 1. The zero-order valence-electron chi connectivity index (χ0n) is 6.88. The average molecular weight is 157 g/mol. The minimum absolute atomic E-state index is 0.339. The van der Waals surface area contributed by atoms with Crippen molar-refractivity contribution in [1.82, 2.24) is 0 Å². The molecule has 11 heavy (non-hydrogen) atoms. The predicted molar refractivity (Wildman–Crippen MR) is 44.0 cm³/mol. The van der Waals surface area contributed by atoms with Crippen molar-refractivity contribution in [3.8, 4) is 0 Å². The summed E-state index contributed by atoms with van der Waals surface area (Å²) in [5, 5.41) is 0. The Bertz CT molecular complexity index is 132. The zero-order valence-corrected chi connectivity index (χ0v) is 6.88. The van der Waals surface area contributed by atoms with E-state index in [9.17, 15) is 4.79 Å². The fraction of sp³-hybridized carbons (Fsp3) is 0.625.